The largest absolute Gasteiger partial charge is 0.478 e. The summed E-state index contributed by atoms with van der Waals surface area (Å²) in [6, 6.07) is 2.55. The van der Waals surface area contributed by atoms with Crippen molar-refractivity contribution in [3.8, 4) is 6.01 Å². The molecule has 1 fully saturated rings. The van der Waals surface area contributed by atoms with Crippen LogP contribution < -0.4 is 9.46 Å². The molecule has 28 heavy (non-hydrogen) atoms. The Bertz CT molecular complexity index is 963. The number of benzene rings is 1. The zero-order valence-electron chi connectivity index (χ0n) is 14.5. The summed E-state index contributed by atoms with van der Waals surface area (Å²) in [4.78, 5) is 18.6. The lowest BCUT2D eigenvalue weighted by Crippen LogP contribution is -2.39. The fourth-order valence-corrected chi connectivity index (χ4v) is 4.36. The van der Waals surface area contributed by atoms with E-state index in [1.54, 1.807) is 0 Å². The number of hydrogen-bond acceptors (Lipinski definition) is 6. The Hall–Kier alpha value is -2.30. The van der Waals surface area contributed by atoms with Crippen LogP contribution >= 0.6 is 11.6 Å². The van der Waals surface area contributed by atoms with Gasteiger partial charge in [0.05, 0.1) is 27.9 Å². The molecule has 0 spiro atoms. The van der Waals surface area contributed by atoms with Gasteiger partial charge in [0.25, 0.3) is 0 Å². The summed E-state index contributed by atoms with van der Waals surface area (Å²) in [5.74, 6) is -2.52. The molecule has 8 nitrogen and oxygen atoms in total. The first-order valence-electron chi connectivity index (χ1n) is 8.44. The van der Waals surface area contributed by atoms with Crippen LogP contribution in [0.4, 0.5) is 4.39 Å². The van der Waals surface area contributed by atoms with Gasteiger partial charge in [-0.05, 0) is 43.9 Å². The highest BCUT2D eigenvalue weighted by Gasteiger charge is 2.28. The first-order chi connectivity index (χ1) is 13.2. The highest BCUT2D eigenvalue weighted by atomic mass is 35.5. The maximum atomic E-state index is 13.5. The molecule has 0 radical (unpaired) electrons. The molecule has 150 valence electrons. The van der Waals surface area contributed by atoms with Gasteiger partial charge in [0, 0.05) is 6.04 Å². The van der Waals surface area contributed by atoms with Gasteiger partial charge in [-0.15, -0.1) is 0 Å². The number of hydrogen-bond donors (Lipinski definition) is 2. The van der Waals surface area contributed by atoms with Gasteiger partial charge >= 0.3 is 12.0 Å². The summed E-state index contributed by atoms with van der Waals surface area (Å²) in [6.07, 6.45) is 4.92. The molecule has 1 aliphatic rings. The van der Waals surface area contributed by atoms with Gasteiger partial charge in [-0.25, -0.2) is 32.3 Å². The number of ether oxygens (including phenoxy) is 1. The number of aromatic carboxylic acids is 1. The van der Waals surface area contributed by atoms with Crippen molar-refractivity contribution in [3.05, 3.63) is 47.0 Å². The van der Waals surface area contributed by atoms with Gasteiger partial charge in [-0.1, -0.05) is 11.6 Å². The number of halogens is 2. The number of nitrogens with zero attached hydrogens (tertiary/aromatic N) is 2. The van der Waals surface area contributed by atoms with Crippen molar-refractivity contribution in [1.29, 1.82) is 0 Å². The van der Waals surface area contributed by atoms with Gasteiger partial charge in [0.2, 0.25) is 10.0 Å². The molecule has 1 saturated carbocycles. The summed E-state index contributed by atoms with van der Waals surface area (Å²) >= 11 is 5.72. The smallest absolute Gasteiger partial charge is 0.338 e. The molecular weight excluding hydrogens is 413 g/mol. The molecule has 0 saturated heterocycles. The fourth-order valence-electron chi connectivity index (χ4n) is 2.93. The lowest BCUT2D eigenvalue weighted by Gasteiger charge is -2.28. The topological polar surface area (TPSA) is 118 Å². The molecule has 3 rings (SSSR count). The second-order valence-electron chi connectivity index (χ2n) is 6.34. The van der Waals surface area contributed by atoms with Crippen LogP contribution in [0.5, 0.6) is 6.01 Å². The van der Waals surface area contributed by atoms with Crippen LogP contribution in [-0.4, -0.2) is 41.6 Å². The first kappa shape index (κ1) is 20.4. The normalized spacial score (nSPS) is 19.9. The van der Waals surface area contributed by atoms with Gasteiger partial charge in [0.15, 0.2) is 0 Å². The minimum absolute atomic E-state index is 0.147. The lowest BCUT2D eigenvalue weighted by atomic mass is 9.94. The van der Waals surface area contributed by atoms with Gasteiger partial charge in [-0.3, -0.25) is 0 Å². The van der Waals surface area contributed by atoms with E-state index in [4.69, 9.17) is 21.4 Å². The Kier molecular flexibility index (Phi) is 6.11. The van der Waals surface area contributed by atoms with Crippen LogP contribution in [0.2, 0.25) is 5.02 Å². The van der Waals surface area contributed by atoms with Crippen LogP contribution in [0, 0.1) is 5.82 Å². The zero-order valence-corrected chi connectivity index (χ0v) is 16.1. The highest BCUT2D eigenvalue weighted by molar-refractivity contribution is 7.89. The quantitative estimate of drug-likeness (QED) is 0.724. The summed E-state index contributed by atoms with van der Waals surface area (Å²) in [6.45, 7) is 0. The van der Waals surface area contributed by atoms with Crippen molar-refractivity contribution in [1.82, 2.24) is 14.7 Å². The van der Waals surface area contributed by atoms with Crippen LogP contribution in [0.1, 0.15) is 36.0 Å². The summed E-state index contributed by atoms with van der Waals surface area (Å²) in [7, 11) is -3.97. The van der Waals surface area contributed by atoms with Crippen molar-refractivity contribution in [2.24, 2.45) is 0 Å². The van der Waals surface area contributed by atoms with Gasteiger partial charge < -0.3 is 9.84 Å². The SMILES string of the molecule is O=C(O)c1cc(S(=O)(=O)NC2CCC(Oc3ncc(Cl)cn3)CC2)ccc1F. The lowest BCUT2D eigenvalue weighted by molar-refractivity contribution is 0.0691. The molecule has 1 aliphatic carbocycles. The first-order valence-corrected chi connectivity index (χ1v) is 10.3. The van der Waals surface area contributed by atoms with Gasteiger partial charge in [-0.2, -0.15) is 0 Å². The maximum absolute atomic E-state index is 13.5. The molecule has 0 aliphatic heterocycles. The number of nitrogens with one attached hydrogen (secondary N) is 1. The molecule has 0 amide bonds. The molecular formula is C17H17ClFN3O5S. The van der Waals surface area contributed by atoms with E-state index in [1.165, 1.54) is 12.4 Å². The molecule has 1 heterocycles. The van der Waals surface area contributed by atoms with E-state index in [9.17, 15) is 17.6 Å². The van der Waals surface area contributed by atoms with E-state index in [0.29, 0.717) is 30.7 Å². The molecule has 0 unspecified atom stereocenters. The number of carboxylic acids is 1. The predicted molar refractivity (Wildman–Crippen MR) is 97.4 cm³/mol. The Labute approximate surface area is 165 Å². The number of carboxylic acid groups (broad SMARTS) is 1. The minimum atomic E-state index is -3.97. The number of rotatable bonds is 6. The third kappa shape index (κ3) is 4.94. The summed E-state index contributed by atoms with van der Waals surface area (Å²) < 4.78 is 46.7. The van der Waals surface area contributed by atoms with E-state index in [1.807, 2.05) is 0 Å². The molecule has 11 heteroatoms. The minimum Gasteiger partial charge on any atom is -0.478 e. The van der Waals surface area contributed by atoms with E-state index in [2.05, 4.69) is 14.7 Å². The summed E-state index contributed by atoms with van der Waals surface area (Å²) in [5, 5.41) is 9.36. The molecule has 0 atom stereocenters. The third-order valence-corrected chi connectivity index (χ3v) is 6.06. The Morgan fingerprint density at radius 1 is 1.21 bits per heavy atom. The average Bonchev–Trinajstić information content (AvgIpc) is 2.65. The van der Waals surface area contributed by atoms with E-state index < -0.39 is 27.4 Å². The zero-order chi connectivity index (χ0) is 20.3. The standard InChI is InChI=1S/C17H17ClFN3O5S/c18-10-8-20-17(21-9-10)27-12-3-1-11(2-4-12)22-28(25,26)13-5-6-15(19)14(7-13)16(23)24/h5-9,11-12,22H,1-4H2,(H,23,24). The maximum Gasteiger partial charge on any atom is 0.338 e. The van der Waals surface area contributed by atoms with Crippen molar-refractivity contribution < 1.29 is 27.4 Å². The van der Waals surface area contributed by atoms with Crippen LogP contribution in [0.3, 0.4) is 0 Å². The molecule has 2 aromatic rings. The van der Waals surface area contributed by atoms with Crippen LogP contribution in [-0.2, 0) is 10.0 Å². The van der Waals surface area contributed by atoms with Crippen molar-refractivity contribution in [2.45, 2.75) is 42.7 Å². The van der Waals surface area contributed by atoms with E-state index in [0.717, 1.165) is 18.2 Å². The summed E-state index contributed by atoms with van der Waals surface area (Å²) in [5.41, 5.74) is -0.692. The highest BCUT2D eigenvalue weighted by Crippen LogP contribution is 2.24. The van der Waals surface area contributed by atoms with Gasteiger partial charge in [0.1, 0.15) is 11.9 Å². The van der Waals surface area contributed by atoms with Crippen LogP contribution in [0.15, 0.2) is 35.5 Å². The Balaban J connectivity index is 1.60. The van der Waals surface area contributed by atoms with E-state index >= 15 is 0 Å². The fraction of sp³-hybridized carbons (Fsp3) is 0.353. The monoisotopic (exact) mass is 429 g/mol. The van der Waals surface area contributed by atoms with Crippen molar-refractivity contribution in [2.75, 3.05) is 0 Å². The second kappa shape index (κ2) is 8.38. The molecule has 2 N–H and O–H groups in total. The molecule has 1 aromatic heterocycles. The predicted octanol–water partition coefficient (Wildman–Crippen LogP) is 2.64. The van der Waals surface area contributed by atoms with E-state index in [-0.39, 0.29) is 23.1 Å². The Morgan fingerprint density at radius 2 is 1.86 bits per heavy atom. The Morgan fingerprint density at radius 3 is 2.46 bits per heavy atom. The third-order valence-electron chi connectivity index (χ3n) is 4.34. The number of sulfonamides is 1. The average molecular weight is 430 g/mol. The second-order valence-corrected chi connectivity index (χ2v) is 8.49. The molecule has 1 aromatic carbocycles. The van der Waals surface area contributed by atoms with Crippen molar-refractivity contribution in [3.63, 3.8) is 0 Å². The van der Waals surface area contributed by atoms with Crippen molar-refractivity contribution >= 4 is 27.6 Å². The van der Waals surface area contributed by atoms with Crippen LogP contribution in [0.25, 0.3) is 0 Å². The molecule has 0 bridgehead atoms. The number of aromatic nitrogens is 2. The number of carbonyl (C=O) groups is 1.